The number of hydrogen-bond donors (Lipinski definition) is 1. The zero-order valence-electron chi connectivity index (χ0n) is 11.3. The zero-order valence-corrected chi connectivity index (χ0v) is 11.3. The Kier molecular flexibility index (Phi) is 3.24. The predicted molar refractivity (Wildman–Crippen MR) is 67.2 cm³/mol. The van der Waals surface area contributed by atoms with Crippen molar-refractivity contribution in [3.8, 4) is 5.75 Å². The molecule has 0 spiro atoms. The van der Waals surface area contributed by atoms with Crippen molar-refractivity contribution in [2.45, 2.75) is 31.2 Å². The van der Waals surface area contributed by atoms with Gasteiger partial charge in [0.15, 0.2) is 5.75 Å². The number of benzene rings is 1. The first-order chi connectivity index (χ1) is 10.6. The SMILES string of the molecule is O=C(N(c1ccc2c(c1)NC(=O)C(F)(F)O2)C1CC1)C(F)(F)F. The molecule has 23 heavy (non-hydrogen) atoms. The lowest BCUT2D eigenvalue weighted by Gasteiger charge is -2.28. The van der Waals surface area contributed by atoms with E-state index in [-0.39, 0.29) is 11.4 Å². The number of rotatable bonds is 2. The number of hydrogen-bond acceptors (Lipinski definition) is 3. The van der Waals surface area contributed by atoms with Gasteiger partial charge in [-0.15, -0.1) is 0 Å². The minimum Gasteiger partial charge on any atom is -0.423 e. The van der Waals surface area contributed by atoms with Gasteiger partial charge in [-0.25, -0.2) is 0 Å². The van der Waals surface area contributed by atoms with Crippen molar-refractivity contribution in [1.82, 2.24) is 0 Å². The first kappa shape index (κ1) is 15.5. The topological polar surface area (TPSA) is 58.6 Å². The molecule has 124 valence electrons. The van der Waals surface area contributed by atoms with Crippen LogP contribution in [0.15, 0.2) is 18.2 Å². The van der Waals surface area contributed by atoms with Crippen LogP contribution in [0.3, 0.4) is 0 Å². The van der Waals surface area contributed by atoms with E-state index in [1.54, 1.807) is 0 Å². The first-order valence-electron chi connectivity index (χ1n) is 6.52. The fourth-order valence-electron chi connectivity index (χ4n) is 2.20. The van der Waals surface area contributed by atoms with E-state index in [2.05, 4.69) is 4.74 Å². The summed E-state index contributed by atoms with van der Waals surface area (Å²) in [5.41, 5.74) is -0.373. The number of nitrogens with zero attached hydrogens (tertiary/aromatic N) is 1. The second-order valence-corrected chi connectivity index (χ2v) is 5.16. The van der Waals surface area contributed by atoms with Gasteiger partial charge in [-0.1, -0.05) is 0 Å². The number of amides is 2. The summed E-state index contributed by atoms with van der Waals surface area (Å²) < 4.78 is 68.5. The second kappa shape index (κ2) is 4.80. The van der Waals surface area contributed by atoms with Crippen LogP contribution < -0.4 is 15.0 Å². The molecule has 1 aromatic carbocycles. The second-order valence-electron chi connectivity index (χ2n) is 5.16. The summed E-state index contributed by atoms with van der Waals surface area (Å²) in [4.78, 5) is 23.3. The van der Waals surface area contributed by atoms with Crippen molar-refractivity contribution in [2.75, 3.05) is 10.2 Å². The van der Waals surface area contributed by atoms with Crippen molar-refractivity contribution < 1.29 is 36.3 Å². The summed E-state index contributed by atoms with van der Waals surface area (Å²) in [6.07, 6.45) is -8.32. The molecule has 1 saturated carbocycles. The van der Waals surface area contributed by atoms with Gasteiger partial charge in [0, 0.05) is 11.7 Å². The zero-order chi connectivity index (χ0) is 17.0. The van der Waals surface area contributed by atoms with E-state index in [9.17, 15) is 31.5 Å². The van der Waals surface area contributed by atoms with Crippen LogP contribution in [0, 0.1) is 0 Å². The highest BCUT2D eigenvalue weighted by atomic mass is 19.4. The molecule has 0 atom stereocenters. The van der Waals surface area contributed by atoms with Crippen molar-refractivity contribution in [3.05, 3.63) is 18.2 Å². The van der Waals surface area contributed by atoms with Crippen LogP contribution in [-0.2, 0) is 9.59 Å². The molecule has 1 aliphatic carbocycles. The lowest BCUT2D eigenvalue weighted by atomic mass is 10.2. The molecule has 0 bridgehead atoms. The number of fused-ring (bicyclic) bond motifs is 1. The highest BCUT2D eigenvalue weighted by molar-refractivity contribution is 6.02. The standard InChI is InChI=1S/C13H9F5N2O3/c14-12(15,16)11(22)20(6-1-2-6)7-3-4-9-8(5-7)19-10(21)13(17,18)23-9/h3-6H,1-2H2,(H,19,21). The third-order valence-electron chi connectivity index (χ3n) is 3.37. The smallest absolute Gasteiger partial charge is 0.423 e. The molecule has 2 amide bonds. The van der Waals surface area contributed by atoms with Gasteiger partial charge in [-0.05, 0) is 31.0 Å². The molecule has 1 N–H and O–H groups in total. The molecule has 0 aromatic heterocycles. The third-order valence-corrected chi connectivity index (χ3v) is 3.37. The minimum absolute atomic E-state index is 0.150. The van der Waals surface area contributed by atoms with Gasteiger partial charge >= 0.3 is 24.1 Å². The van der Waals surface area contributed by atoms with Crippen LogP contribution in [0.2, 0.25) is 0 Å². The lowest BCUT2D eigenvalue weighted by molar-refractivity contribution is -0.189. The first-order valence-corrected chi connectivity index (χ1v) is 6.52. The maximum Gasteiger partial charge on any atom is 0.482 e. The largest absolute Gasteiger partial charge is 0.482 e. The Bertz CT molecular complexity index is 685. The van der Waals surface area contributed by atoms with Gasteiger partial charge in [-0.3, -0.25) is 9.59 Å². The number of nitrogens with one attached hydrogen (secondary N) is 1. The molecular formula is C13H9F5N2O3. The summed E-state index contributed by atoms with van der Waals surface area (Å²) in [6, 6.07) is 2.44. The lowest BCUT2D eigenvalue weighted by Crippen LogP contribution is -2.44. The molecule has 3 rings (SSSR count). The number of carbonyl (C=O) groups is 2. The molecule has 0 saturated heterocycles. The average molecular weight is 336 g/mol. The molecule has 1 heterocycles. The Labute approximate surface area is 126 Å². The minimum atomic E-state index is -5.06. The van der Waals surface area contributed by atoms with Gasteiger partial charge in [0.2, 0.25) is 0 Å². The van der Waals surface area contributed by atoms with E-state index < -0.39 is 35.9 Å². The van der Waals surface area contributed by atoms with Crippen LogP contribution in [0.1, 0.15) is 12.8 Å². The van der Waals surface area contributed by atoms with Crippen molar-refractivity contribution in [3.63, 3.8) is 0 Å². The molecule has 1 fully saturated rings. The van der Waals surface area contributed by atoms with Crippen molar-refractivity contribution in [1.29, 1.82) is 0 Å². The van der Waals surface area contributed by atoms with Crippen LogP contribution in [0.25, 0.3) is 0 Å². The molecule has 10 heteroatoms. The fraction of sp³-hybridized carbons (Fsp3) is 0.385. The number of carbonyl (C=O) groups excluding carboxylic acids is 2. The molecule has 2 aliphatic rings. The van der Waals surface area contributed by atoms with Gasteiger partial charge in [0.25, 0.3) is 0 Å². The fourth-order valence-corrected chi connectivity index (χ4v) is 2.20. The summed E-state index contributed by atoms with van der Waals surface area (Å²) in [5, 5.41) is 1.85. The molecule has 5 nitrogen and oxygen atoms in total. The quantitative estimate of drug-likeness (QED) is 0.845. The Morgan fingerprint density at radius 2 is 1.96 bits per heavy atom. The van der Waals surface area contributed by atoms with E-state index in [1.165, 1.54) is 0 Å². The summed E-state index contributed by atoms with van der Waals surface area (Å²) in [5.74, 6) is -4.18. The predicted octanol–water partition coefficient (Wildman–Crippen LogP) is 2.67. The normalized spacial score (nSPS) is 19.4. The Hall–Kier alpha value is -2.39. The highest BCUT2D eigenvalue weighted by Crippen LogP contribution is 2.41. The van der Waals surface area contributed by atoms with Gasteiger partial charge in [0.05, 0.1) is 5.69 Å². The molecule has 0 unspecified atom stereocenters. The average Bonchev–Trinajstić information content (AvgIpc) is 3.24. The monoisotopic (exact) mass is 336 g/mol. The molecule has 0 radical (unpaired) electrons. The van der Waals surface area contributed by atoms with E-state index in [0.29, 0.717) is 17.7 Å². The Morgan fingerprint density at radius 1 is 1.30 bits per heavy atom. The highest BCUT2D eigenvalue weighted by Gasteiger charge is 2.49. The molecule has 1 aliphatic heterocycles. The van der Waals surface area contributed by atoms with Crippen molar-refractivity contribution in [2.24, 2.45) is 0 Å². The van der Waals surface area contributed by atoms with Crippen molar-refractivity contribution >= 4 is 23.2 Å². The molecular weight excluding hydrogens is 327 g/mol. The maximum atomic E-state index is 13.1. The number of anilines is 2. The van der Waals surface area contributed by atoms with Crippen LogP contribution >= 0.6 is 0 Å². The third kappa shape index (κ3) is 2.80. The van der Waals surface area contributed by atoms with Gasteiger partial charge in [0.1, 0.15) is 0 Å². The molecule has 1 aromatic rings. The number of halogens is 5. The summed E-state index contributed by atoms with van der Waals surface area (Å²) >= 11 is 0. The Morgan fingerprint density at radius 3 is 2.52 bits per heavy atom. The van der Waals surface area contributed by atoms with Crippen LogP contribution in [0.4, 0.5) is 33.3 Å². The summed E-state index contributed by atoms with van der Waals surface area (Å²) in [7, 11) is 0. The van der Waals surface area contributed by atoms with Gasteiger partial charge < -0.3 is 15.0 Å². The van der Waals surface area contributed by atoms with E-state index >= 15 is 0 Å². The maximum absolute atomic E-state index is 13.1. The van der Waals surface area contributed by atoms with E-state index in [4.69, 9.17) is 0 Å². The number of alkyl halides is 5. The number of ether oxygens (including phenoxy) is 1. The summed E-state index contributed by atoms with van der Waals surface area (Å²) in [6.45, 7) is 0. The van der Waals surface area contributed by atoms with E-state index in [0.717, 1.165) is 18.2 Å². The van der Waals surface area contributed by atoms with E-state index in [1.807, 2.05) is 5.32 Å². The van der Waals surface area contributed by atoms with Crippen LogP contribution in [0.5, 0.6) is 5.75 Å². The van der Waals surface area contributed by atoms with Gasteiger partial charge in [-0.2, -0.15) is 22.0 Å². The Balaban J connectivity index is 1.96. The van der Waals surface area contributed by atoms with Crippen LogP contribution in [-0.4, -0.2) is 30.1 Å².